The number of hydrogen-bond donors (Lipinski definition) is 2. The van der Waals surface area contributed by atoms with Crippen molar-refractivity contribution in [1.82, 2.24) is 9.80 Å². The Kier molecular flexibility index (Phi) is 11.2. The van der Waals surface area contributed by atoms with E-state index in [9.17, 15) is 4.79 Å². The van der Waals surface area contributed by atoms with Crippen LogP contribution in [0.3, 0.4) is 0 Å². The smallest absolute Gasteiger partial charge is 0.218 e. The largest absolute Gasteiger partial charge is 0.370 e. The number of carbonyl (C=O) groups excluding carboxylic acids is 1. The number of likely N-dealkylation sites (N-methyl/N-ethyl adjacent to an activating group) is 1. The van der Waals surface area contributed by atoms with Crippen LogP contribution in [0, 0.1) is 6.92 Å². The number of rotatable bonds is 11. The molecule has 3 aromatic carbocycles. The van der Waals surface area contributed by atoms with Crippen LogP contribution in [0.1, 0.15) is 48.4 Å². The highest BCUT2D eigenvalue weighted by Gasteiger charge is 2.20. The minimum atomic E-state index is -0.396. The molecule has 0 aliphatic carbocycles. The first-order valence-corrected chi connectivity index (χ1v) is 13.9. The van der Waals surface area contributed by atoms with Crippen LogP contribution < -0.4 is 11.1 Å². The normalized spacial score (nSPS) is 12.6. The molecule has 0 bridgehead atoms. The van der Waals surface area contributed by atoms with Crippen LogP contribution in [0.15, 0.2) is 71.7 Å². The van der Waals surface area contributed by atoms with E-state index in [4.69, 9.17) is 33.9 Å². The lowest BCUT2D eigenvalue weighted by atomic mass is 9.88. The van der Waals surface area contributed by atoms with Gasteiger partial charge in [-0.2, -0.15) is 0 Å². The van der Waals surface area contributed by atoms with Gasteiger partial charge in [0, 0.05) is 53.7 Å². The molecule has 0 fully saturated rings. The molecule has 8 heteroatoms. The summed E-state index contributed by atoms with van der Waals surface area (Å²) in [5.41, 5.74) is 10.7. The molecule has 0 aliphatic heterocycles. The summed E-state index contributed by atoms with van der Waals surface area (Å²) in [5.74, 6) is 0.144. The first kappa shape index (κ1) is 30.5. The average molecular weight is 569 g/mol. The summed E-state index contributed by atoms with van der Waals surface area (Å²) in [7, 11) is 4.15. The summed E-state index contributed by atoms with van der Waals surface area (Å²) in [6.07, 6.45) is 0.142. The van der Waals surface area contributed by atoms with E-state index in [0.717, 1.165) is 42.4 Å². The van der Waals surface area contributed by atoms with Gasteiger partial charge >= 0.3 is 0 Å². The van der Waals surface area contributed by atoms with Crippen LogP contribution in [-0.4, -0.2) is 54.9 Å². The number of halogens is 2. The highest BCUT2D eigenvalue weighted by molar-refractivity contribution is 6.35. The first-order valence-electron chi connectivity index (χ1n) is 13.1. The lowest BCUT2D eigenvalue weighted by Crippen LogP contribution is -2.40. The molecule has 1 amide bonds. The van der Waals surface area contributed by atoms with Crippen molar-refractivity contribution in [2.75, 3.05) is 32.5 Å². The van der Waals surface area contributed by atoms with Gasteiger partial charge in [0.15, 0.2) is 5.96 Å². The molecule has 0 saturated carbocycles. The topological polar surface area (TPSA) is 74.0 Å². The van der Waals surface area contributed by atoms with E-state index in [-0.39, 0.29) is 18.4 Å². The zero-order valence-electron chi connectivity index (χ0n) is 23.4. The van der Waals surface area contributed by atoms with E-state index in [0.29, 0.717) is 10.0 Å². The number of guanidine groups is 1. The number of aliphatic imine (C=N–C) groups is 1. The maximum absolute atomic E-state index is 11.9. The van der Waals surface area contributed by atoms with Gasteiger partial charge in [0.2, 0.25) is 5.91 Å². The SMILES string of the molecule is Cc1ccc(CN(CCN(C)C)C(=NC(C)C)Nc2ccc(C(CC(N)=O)c3ccc(Cl)cc3Cl)cc2)cc1. The fraction of sp³-hybridized carbons (Fsp3) is 0.355. The molecular formula is C31H39Cl2N5O. The van der Waals surface area contributed by atoms with Crippen LogP contribution in [0.25, 0.3) is 0 Å². The predicted molar refractivity (Wildman–Crippen MR) is 165 cm³/mol. The van der Waals surface area contributed by atoms with Crippen LogP contribution in [0.4, 0.5) is 5.69 Å². The number of nitrogens with zero attached hydrogens (tertiary/aromatic N) is 3. The Hall–Kier alpha value is -3.06. The van der Waals surface area contributed by atoms with E-state index in [1.54, 1.807) is 12.1 Å². The summed E-state index contributed by atoms with van der Waals surface area (Å²) >= 11 is 12.6. The van der Waals surface area contributed by atoms with Crippen LogP contribution in [0.5, 0.6) is 0 Å². The van der Waals surface area contributed by atoms with Gasteiger partial charge in [-0.3, -0.25) is 9.79 Å². The van der Waals surface area contributed by atoms with Crippen molar-refractivity contribution in [3.8, 4) is 0 Å². The Labute approximate surface area is 242 Å². The summed E-state index contributed by atoms with van der Waals surface area (Å²) in [6, 6.07) is 22.0. The van der Waals surface area contributed by atoms with E-state index in [1.165, 1.54) is 11.1 Å². The lowest BCUT2D eigenvalue weighted by Gasteiger charge is -2.29. The lowest BCUT2D eigenvalue weighted by molar-refractivity contribution is -0.118. The van der Waals surface area contributed by atoms with Gasteiger partial charge in [0.1, 0.15) is 0 Å². The molecule has 3 rings (SSSR count). The van der Waals surface area contributed by atoms with Crippen molar-refractivity contribution in [3.63, 3.8) is 0 Å². The molecular weight excluding hydrogens is 529 g/mol. The molecule has 0 saturated heterocycles. The van der Waals surface area contributed by atoms with Crippen molar-refractivity contribution in [2.45, 2.75) is 45.7 Å². The average Bonchev–Trinajstić information content (AvgIpc) is 2.86. The Bertz CT molecular complexity index is 1260. The third kappa shape index (κ3) is 9.57. The Morgan fingerprint density at radius 1 is 0.974 bits per heavy atom. The number of hydrogen-bond acceptors (Lipinski definition) is 3. The molecule has 39 heavy (non-hydrogen) atoms. The number of carbonyl (C=O) groups is 1. The monoisotopic (exact) mass is 567 g/mol. The van der Waals surface area contributed by atoms with E-state index in [2.05, 4.69) is 74.2 Å². The van der Waals surface area contributed by atoms with E-state index >= 15 is 0 Å². The van der Waals surface area contributed by atoms with E-state index in [1.807, 2.05) is 30.3 Å². The molecule has 1 unspecified atom stereocenters. The second kappa shape index (κ2) is 14.4. The van der Waals surface area contributed by atoms with Gasteiger partial charge in [0.05, 0.1) is 0 Å². The first-order chi connectivity index (χ1) is 18.5. The van der Waals surface area contributed by atoms with Crippen molar-refractivity contribution >= 4 is 40.8 Å². The highest BCUT2D eigenvalue weighted by atomic mass is 35.5. The number of nitrogens with two attached hydrogens (primary N) is 1. The third-order valence-electron chi connectivity index (χ3n) is 6.30. The number of primary amides is 1. The van der Waals surface area contributed by atoms with Crippen molar-refractivity contribution in [3.05, 3.63) is 99.0 Å². The second-order valence-corrected chi connectivity index (χ2v) is 11.2. The summed E-state index contributed by atoms with van der Waals surface area (Å²) in [6.45, 7) is 8.68. The standard InChI is InChI=1S/C31H39Cl2N5O/c1-21(2)35-31(38(17-16-37(4)5)20-23-8-6-22(3)7-9-23)36-26-13-10-24(11-14-26)28(19-30(34)39)27-15-12-25(32)18-29(27)33/h6-15,18,21,28H,16-17,19-20H2,1-5H3,(H2,34,39)(H,35,36). The molecule has 3 N–H and O–H groups in total. The zero-order chi connectivity index (χ0) is 28.5. The van der Waals surface area contributed by atoms with Gasteiger partial charge < -0.3 is 20.9 Å². The van der Waals surface area contributed by atoms with Crippen molar-refractivity contribution in [1.29, 1.82) is 0 Å². The number of benzene rings is 3. The maximum Gasteiger partial charge on any atom is 0.218 e. The number of aryl methyl sites for hydroxylation is 1. The fourth-order valence-corrected chi connectivity index (χ4v) is 4.79. The minimum Gasteiger partial charge on any atom is -0.370 e. The molecule has 0 aliphatic rings. The van der Waals surface area contributed by atoms with Crippen LogP contribution in [0.2, 0.25) is 10.0 Å². The number of nitrogens with one attached hydrogen (secondary N) is 1. The predicted octanol–water partition coefficient (Wildman–Crippen LogP) is 6.55. The van der Waals surface area contributed by atoms with Gasteiger partial charge in [-0.25, -0.2) is 0 Å². The highest BCUT2D eigenvalue weighted by Crippen LogP contribution is 2.35. The zero-order valence-corrected chi connectivity index (χ0v) is 24.9. The van der Waals surface area contributed by atoms with Gasteiger partial charge in [-0.15, -0.1) is 0 Å². The molecule has 1 atom stereocenters. The molecule has 0 aromatic heterocycles. The third-order valence-corrected chi connectivity index (χ3v) is 6.87. The Morgan fingerprint density at radius 3 is 2.21 bits per heavy atom. The van der Waals surface area contributed by atoms with Crippen molar-refractivity contribution < 1.29 is 4.79 Å². The maximum atomic E-state index is 11.9. The molecule has 0 spiro atoms. The Balaban J connectivity index is 1.89. The molecule has 0 heterocycles. The molecule has 208 valence electrons. The summed E-state index contributed by atoms with van der Waals surface area (Å²) in [4.78, 5) is 21.3. The van der Waals surface area contributed by atoms with Crippen LogP contribution >= 0.6 is 23.2 Å². The fourth-order valence-electron chi connectivity index (χ4n) is 4.25. The number of amides is 1. The van der Waals surface area contributed by atoms with Gasteiger partial charge in [-0.05, 0) is 75.8 Å². The second-order valence-electron chi connectivity index (χ2n) is 10.4. The molecule has 3 aromatic rings. The van der Waals surface area contributed by atoms with E-state index < -0.39 is 5.91 Å². The Morgan fingerprint density at radius 2 is 1.64 bits per heavy atom. The minimum absolute atomic E-state index is 0.110. The molecule has 0 radical (unpaired) electrons. The quantitative estimate of drug-likeness (QED) is 0.203. The van der Waals surface area contributed by atoms with Crippen LogP contribution in [-0.2, 0) is 11.3 Å². The number of anilines is 1. The van der Waals surface area contributed by atoms with Crippen molar-refractivity contribution in [2.24, 2.45) is 10.7 Å². The van der Waals surface area contributed by atoms with Gasteiger partial charge in [0.25, 0.3) is 0 Å². The summed E-state index contributed by atoms with van der Waals surface area (Å²) < 4.78 is 0. The molecule has 6 nitrogen and oxygen atoms in total. The van der Waals surface area contributed by atoms with Gasteiger partial charge in [-0.1, -0.05) is 71.2 Å². The summed E-state index contributed by atoms with van der Waals surface area (Å²) in [5, 5.41) is 4.61.